The van der Waals surface area contributed by atoms with Gasteiger partial charge in [0.05, 0.1) is 25.6 Å². The summed E-state index contributed by atoms with van der Waals surface area (Å²) in [5.41, 5.74) is 3.84. The van der Waals surface area contributed by atoms with Gasteiger partial charge in [-0.15, -0.1) is 0 Å². The summed E-state index contributed by atoms with van der Waals surface area (Å²) in [6.07, 6.45) is 3.73. The van der Waals surface area contributed by atoms with Crippen molar-refractivity contribution < 1.29 is 9.47 Å². The molecule has 4 heteroatoms. The zero-order chi connectivity index (χ0) is 20.8. The van der Waals surface area contributed by atoms with Crippen molar-refractivity contribution in [1.29, 1.82) is 0 Å². The number of nitrogens with zero attached hydrogens (tertiary/aromatic N) is 2. The highest BCUT2D eigenvalue weighted by Gasteiger charge is 2.04. The third-order valence-corrected chi connectivity index (χ3v) is 4.82. The monoisotopic (exact) mass is 394 g/mol. The van der Waals surface area contributed by atoms with Gasteiger partial charge >= 0.3 is 0 Å². The second-order valence-corrected chi connectivity index (χ2v) is 6.71. The van der Waals surface area contributed by atoms with E-state index in [0.717, 1.165) is 44.8 Å². The highest BCUT2D eigenvalue weighted by atomic mass is 16.5. The molecule has 148 valence electrons. The van der Waals surface area contributed by atoms with Gasteiger partial charge in [-0.2, -0.15) is 0 Å². The Morgan fingerprint density at radius 1 is 0.533 bits per heavy atom. The van der Waals surface area contributed by atoms with Crippen LogP contribution in [0.4, 0.5) is 11.4 Å². The Balaban J connectivity index is 1.63. The predicted molar refractivity (Wildman–Crippen MR) is 124 cm³/mol. The van der Waals surface area contributed by atoms with E-state index in [-0.39, 0.29) is 0 Å². The maximum atomic E-state index is 5.21. The fraction of sp³-hybridized carbons (Fsp3) is 0.0769. The van der Waals surface area contributed by atoms with E-state index < -0.39 is 0 Å². The highest BCUT2D eigenvalue weighted by molar-refractivity contribution is 6.02. The first-order valence-electron chi connectivity index (χ1n) is 9.65. The number of methoxy groups -OCH3 is 2. The molecule has 0 aliphatic rings. The third kappa shape index (κ3) is 4.39. The SMILES string of the molecule is COc1ccc(C=Nc2ccc(N=Cc3ccc(OC)cc3)c3ccccc23)cc1. The molecule has 0 heterocycles. The Morgan fingerprint density at radius 3 is 1.30 bits per heavy atom. The molecule has 0 amide bonds. The molecule has 0 radical (unpaired) electrons. The van der Waals surface area contributed by atoms with Crippen LogP contribution < -0.4 is 9.47 Å². The van der Waals surface area contributed by atoms with Gasteiger partial charge in [0, 0.05) is 23.2 Å². The van der Waals surface area contributed by atoms with E-state index in [0.29, 0.717) is 0 Å². The number of rotatable bonds is 6. The number of ether oxygens (including phenoxy) is 2. The summed E-state index contributed by atoms with van der Waals surface area (Å²) in [4.78, 5) is 9.41. The van der Waals surface area contributed by atoms with E-state index in [9.17, 15) is 0 Å². The quantitative estimate of drug-likeness (QED) is 0.357. The predicted octanol–water partition coefficient (Wildman–Crippen LogP) is 6.36. The molecule has 4 rings (SSSR count). The molecular formula is C26H22N2O2. The topological polar surface area (TPSA) is 43.2 Å². The molecule has 0 saturated heterocycles. The first-order chi connectivity index (χ1) is 14.8. The normalized spacial score (nSPS) is 11.4. The Kier molecular flexibility index (Phi) is 5.85. The lowest BCUT2D eigenvalue weighted by atomic mass is 10.1. The zero-order valence-corrected chi connectivity index (χ0v) is 16.9. The number of hydrogen-bond donors (Lipinski definition) is 0. The van der Waals surface area contributed by atoms with E-state index in [1.807, 2.05) is 85.2 Å². The maximum absolute atomic E-state index is 5.21. The average molecular weight is 394 g/mol. The highest BCUT2D eigenvalue weighted by Crippen LogP contribution is 2.33. The Bertz CT molecular complexity index is 1100. The van der Waals surface area contributed by atoms with Gasteiger partial charge in [0.15, 0.2) is 0 Å². The molecule has 0 fully saturated rings. The standard InChI is InChI=1S/C26H22N2O2/c1-29-21-11-7-19(8-12-21)17-27-25-15-16-26(24-6-4-3-5-23(24)25)28-18-20-9-13-22(30-2)14-10-20/h3-18H,1-2H3. The van der Waals surface area contributed by atoms with Crippen molar-refractivity contribution in [3.63, 3.8) is 0 Å². The van der Waals surface area contributed by atoms with Crippen LogP contribution in [0.25, 0.3) is 10.8 Å². The largest absolute Gasteiger partial charge is 0.497 e. The van der Waals surface area contributed by atoms with Gasteiger partial charge in [-0.1, -0.05) is 24.3 Å². The van der Waals surface area contributed by atoms with Crippen LogP contribution in [0.2, 0.25) is 0 Å². The van der Waals surface area contributed by atoms with Gasteiger partial charge in [-0.25, -0.2) is 0 Å². The Hall–Kier alpha value is -3.92. The molecule has 0 aromatic heterocycles. The number of hydrogen-bond acceptors (Lipinski definition) is 4. The first kappa shape index (κ1) is 19.4. The van der Waals surface area contributed by atoms with E-state index in [4.69, 9.17) is 19.5 Å². The zero-order valence-electron chi connectivity index (χ0n) is 16.9. The van der Waals surface area contributed by atoms with Gasteiger partial charge < -0.3 is 9.47 Å². The lowest BCUT2D eigenvalue weighted by Crippen LogP contribution is -1.85. The lowest BCUT2D eigenvalue weighted by molar-refractivity contribution is 0.414. The summed E-state index contributed by atoms with van der Waals surface area (Å²) in [5.74, 6) is 1.66. The summed E-state index contributed by atoms with van der Waals surface area (Å²) in [6.45, 7) is 0. The third-order valence-electron chi connectivity index (χ3n) is 4.82. The molecule has 0 N–H and O–H groups in total. The van der Waals surface area contributed by atoms with Crippen LogP contribution in [0.3, 0.4) is 0 Å². The van der Waals surface area contributed by atoms with Gasteiger partial charge in [0.2, 0.25) is 0 Å². The smallest absolute Gasteiger partial charge is 0.118 e. The Labute approximate surface area is 176 Å². The van der Waals surface area contributed by atoms with Crippen molar-refractivity contribution in [2.45, 2.75) is 0 Å². The van der Waals surface area contributed by atoms with E-state index in [1.165, 1.54) is 0 Å². The molecule has 4 nitrogen and oxygen atoms in total. The fourth-order valence-corrected chi connectivity index (χ4v) is 3.16. The summed E-state index contributed by atoms with van der Waals surface area (Å²) >= 11 is 0. The number of benzene rings is 4. The van der Waals surface area contributed by atoms with Crippen LogP contribution in [0, 0.1) is 0 Å². The van der Waals surface area contributed by atoms with Gasteiger partial charge in [-0.3, -0.25) is 9.98 Å². The minimum absolute atomic E-state index is 0.830. The molecule has 0 aliphatic heterocycles. The van der Waals surface area contributed by atoms with Crippen molar-refractivity contribution in [3.8, 4) is 11.5 Å². The van der Waals surface area contributed by atoms with Crippen molar-refractivity contribution in [2.75, 3.05) is 14.2 Å². The van der Waals surface area contributed by atoms with Crippen LogP contribution >= 0.6 is 0 Å². The lowest BCUT2D eigenvalue weighted by Gasteiger charge is -2.06. The van der Waals surface area contributed by atoms with Crippen LogP contribution in [0.1, 0.15) is 11.1 Å². The van der Waals surface area contributed by atoms with Crippen LogP contribution in [0.15, 0.2) is 94.9 Å². The molecule has 30 heavy (non-hydrogen) atoms. The molecule has 4 aromatic carbocycles. The number of fused-ring (bicyclic) bond motifs is 1. The van der Waals surface area contributed by atoms with Crippen molar-refractivity contribution >= 4 is 34.6 Å². The van der Waals surface area contributed by atoms with Crippen molar-refractivity contribution in [1.82, 2.24) is 0 Å². The summed E-state index contributed by atoms with van der Waals surface area (Å²) < 4.78 is 10.4. The van der Waals surface area contributed by atoms with E-state index in [2.05, 4.69) is 12.1 Å². The second-order valence-electron chi connectivity index (χ2n) is 6.71. The molecule has 4 aromatic rings. The molecular weight excluding hydrogens is 372 g/mol. The molecule has 0 aliphatic carbocycles. The van der Waals surface area contributed by atoms with Gasteiger partial charge in [0.1, 0.15) is 11.5 Å². The van der Waals surface area contributed by atoms with Crippen molar-refractivity contribution in [2.24, 2.45) is 9.98 Å². The summed E-state index contributed by atoms with van der Waals surface area (Å²) in [5, 5.41) is 2.12. The molecule has 0 spiro atoms. The summed E-state index contributed by atoms with van der Waals surface area (Å²) in [6, 6.07) is 27.8. The maximum Gasteiger partial charge on any atom is 0.118 e. The Morgan fingerprint density at radius 2 is 0.933 bits per heavy atom. The molecule has 0 atom stereocenters. The van der Waals surface area contributed by atoms with Crippen molar-refractivity contribution in [3.05, 3.63) is 96.1 Å². The molecule has 0 unspecified atom stereocenters. The minimum Gasteiger partial charge on any atom is -0.497 e. The van der Waals surface area contributed by atoms with E-state index in [1.54, 1.807) is 14.2 Å². The van der Waals surface area contributed by atoms with Crippen LogP contribution in [0.5, 0.6) is 11.5 Å². The van der Waals surface area contributed by atoms with E-state index >= 15 is 0 Å². The molecule has 0 bridgehead atoms. The van der Waals surface area contributed by atoms with Crippen LogP contribution in [-0.4, -0.2) is 26.6 Å². The molecule has 0 saturated carbocycles. The first-order valence-corrected chi connectivity index (χ1v) is 9.65. The van der Waals surface area contributed by atoms with Crippen LogP contribution in [-0.2, 0) is 0 Å². The van der Waals surface area contributed by atoms with Gasteiger partial charge in [-0.05, 0) is 71.8 Å². The summed E-state index contributed by atoms with van der Waals surface area (Å²) in [7, 11) is 3.32. The fourth-order valence-electron chi connectivity index (χ4n) is 3.16. The van der Waals surface area contributed by atoms with Gasteiger partial charge in [0.25, 0.3) is 0 Å². The number of aliphatic imine (C=N–C) groups is 2. The average Bonchev–Trinajstić information content (AvgIpc) is 2.82. The second kappa shape index (κ2) is 9.05. The minimum atomic E-state index is 0.830.